The number of aryl methyl sites for hydroxylation is 1. The average Bonchev–Trinajstić information content (AvgIpc) is 2.34. The first-order chi connectivity index (χ1) is 8.52. The summed E-state index contributed by atoms with van der Waals surface area (Å²) < 4.78 is 34.2. The molecule has 18 heavy (non-hydrogen) atoms. The molecule has 2 rings (SSSR count). The van der Waals surface area contributed by atoms with E-state index in [1.807, 2.05) is 0 Å². The van der Waals surface area contributed by atoms with Gasteiger partial charge in [0.1, 0.15) is 19.5 Å². The van der Waals surface area contributed by atoms with Crippen LogP contribution in [0.2, 0.25) is 0 Å². The van der Waals surface area contributed by atoms with Gasteiger partial charge in [0.2, 0.25) is 0 Å². The van der Waals surface area contributed by atoms with Crippen molar-refractivity contribution in [3.05, 3.63) is 17.7 Å². The van der Waals surface area contributed by atoms with Crippen LogP contribution in [-0.2, 0) is 21.1 Å². The highest BCUT2D eigenvalue weighted by atomic mass is 32.2. The Morgan fingerprint density at radius 2 is 1.83 bits per heavy atom. The lowest BCUT2D eigenvalue weighted by Gasteiger charge is -2.20. The largest absolute Gasteiger partial charge is 0.486 e. The van der Waals surface area contributed by atoms with Crippen LogP contribution < -0.4 is 9.47 Å². The Balaban J connectivity index is 2.51. The second-order valence-corrected chi connectivity index (χ2v) is 6.07. The van der Waals surface area contributed by atoms with E-state index in [4.69, 9.17) is 9.47 Å². The molecule has 0 saturated heterocycles. The number of aldehydes is 1. The lowest BCUT2D eigenvalue weighted by atomic mass is 10.1. The predicted octanol–water partition coefficient (Wildman–Crippen LogP) is 0.993. The van der Waals surface area contributed by atoms with Crippen molar-refractivity contribution in [2.45, 2.75) is 17.7 Å². The van der Waals surface area contributed by atoms with Gasteiger partial charge in [0.25, 0.3) is 0 Å². The van der Waals surface area contributed by atoms with Crippen molar-refractivity contribution in [3.63, 3.8) is 0 Å². The van der Waals surface area contributed by atoms with Crippen molar-refractivity contribution in [2.75, 3.05) is 19.5 Å². The van der Waals surface area contributed by atoms with Crippen molar-refractivity contribution in [1.82, 2.24) is 0 Å². The van der Waals surface area contributed by atoms with E-state index in [9.17, 15) is 13.2 Å². The molecule has 0 aliphatic carbocycles. The van der Waals surface area contributed by atoms with E-state index >= 15 is 0 Å². The standard InChI is InChI=1S/C12H14O5S/c1-18(14,15)12-8-11-10(16-5-6-17-11)7-9(12)3-2-4-13/h4,7-8H,2-3,5-6H2,1H3. The molecular formula is C12H14O5S. The fraction of sp³-hybridized carbons (Fsp3) is 0.417. The van der Waals surface area contributed by atoms with Crippen molar-refractivity contribution in [3.8, 4) is 11.5 Å². The monoisotopic (exact) mass is 270 g/mol. The first-order valence-electron chi connectivity index (χ1n) is 5.58. The molecule has 1 heterocycles. The Labute approximate surface area is 106 Å². The first kappa shape index (κ1) is 12.9. The summed E-state index contributed by atoms with van der Waals surface area (Å²) in [6.45, 7) is 0.849. The Kier molecular flexibility index (Phi) is 3.56. The molecule has 1 aromatic rings. The number of fused-ring (bicyclic) bond motifs is 1. The molecule has 0 amide bonds. The van der Waals surface area contributed by atoms with Gasteiger partial charge in [-0.3, -0.25) is 0 Å². The van der Waals surface area contributed by atoms with Crippen molar-refractivity contribution in [1.29, 1.82) is 0 Å². The van der Waals surface area contributed by atoms with E-state index in [1.54, 1.807) is 6.07 Å². The molecule has 1 aliphatic heterocycles. The number of sulfone groups is 1. The molecule has 0 bridgehead atoms. The summed E-state index contributed by atoms with van der Waals surface area (Å²) in [5.74, 6) is 0.978. The minimum absolute atomic E-state index is 0.202. The van der Waals surface area contributed by atoms with Gasteiger partial charge >= 0.3 is 0 Å². The number of carbonyl (C=O) groups is 1. The van der Waals surface area contributed by atoms with Crippen LogP contribution in [0.4, 0.5) is 0 Å². The molecule has 98 valence electrons. The first-order valence-corrected chi connectivity index (χ1v) is 7.47. The Morgan fingerprint density at radius 3 is 2.39 bits per heavy atom. The van der Waals surface area contributed by atoms with Crippen molar-refractivity contribution >= 4 is 16.1 Å². The quantitative estimate of drug-likeness (QED) is 0.763. The number of hydrogen-bond donors (Lipinski definition) is 0. The molecule has 0 saturated carbocycles. The Bertz CT molecular complexity index is 562. The van der Waals surface area contributed by atoms with Gasteiger partial charge in [-0.2, -0.15) is 0 Å². The molecule has 0 aromatic heterocycles. The highest BCUT2D eigenvalue weighted by molar-refractivity contribution is 7.90. The maximum Gasteiger partial charge on any atom is 0.175 e. The van der Waals surface area contributed by atoms with Gasteiger partial charge in [0, 0.05) is 18.7 Å². The third-order valence-electron chi connectivity index (χ3n) is 2.66. The van der Waals surface area contributed by atoms with Crippen LogP contribution in [0.3, 0.4) is 0 Å². The Morgan fingerprint density at radius 1 is 1.22 bits per heavy atom. The lowest BCUT2D eigenvalue weighted by Crippen LogP contribution is -2.16. The SMILES string of the molecule is CS(=O)(=O)c1cc2c(cc1CCC=O)OCCO2. The number of rotatable bonds is 4. The molecule has 0 radical (unpaired) electrons. The van der Waals surface area contributed by atoms with E-state index in [0.717, 1.165) is 12.5 Å². The normalized spacial score (nSPS) is 14.3. The van der Waals surface area contributed by atoms with Crippen LogP contribution in [-0.4, -0.2) is 34.2 Å². The van der Waals surface area contributed by atoms with E-state index in [1.165, 1.54) is 6.07 Å². The lowest BCUT2D eigenvalue weighted by molar-refractivity contribution is -0.107. The van der Waals surface area contributed by atoms with E-state index in [-0.39, 0.29) is 11.3 Å². The van der Waals surface area contributed by atoms with E-state index in [0.29, 0.717) is 36.7 Å². The van der Waals surface area contributed by atoms with Crippen molar-refractivity contribution in [2.24, 2.45) is 0 Å². The Hall–Kier alpha value is -1.56. The van der Waals surface area contributed by atoms with Gasteiger partial charge in [-0.05, 0) is 18.1 Å². The average molecular weight is 270 g/mol. The fourth-order valence-electron chi connectivity index (χ4n) is 1.87. The second-order valence-electron chi connectivity index (χ2n) is 4.08. The highest BCUT2D eigenvalue weighted by Crippen LogP contribution is 2.35. The van der Waals surface area contributed by atoms with Gasteiger partial charge in [-0.15, -0.1) is 0 Å². The van der Waals surface area contributed by atoms with E-state index in [2.05, 4.69) is 0 Å². The molecule has 6 heteroatoms. The van der Waals surface area contributed by atoms with Gasteiger partial charge in [0.15, 0.2) is 21.3 Å². The molecule has 0 atom stereocenters. The van der Waals surface area contributed by atoms with Crippen LogP contribution in [0.1, 0.15) is 12.0 Å². The molecule has 0 N–H and O–H groups in total. The zero-order chi connectivity index (χ0) is 13.2. The number of hydrogen-bond acceptors (Lipinski definition) is 5. The molecule has 1 aliphatic rings. The third kappa shape index (κ3) is 2.64. The minimum Gasteiger partial charge on any atom is -0.486 e. The molecule has 0 unspecified atom stereocenters. The third-order valence-corrected chi connectivity index (χ3v) is 3.84. The summed E-state index contributed by atoms with van der Waals surface area (Å²) in [5, 5.41) is 0. The minimum atomic E-state index is -3.35. The molecule has 0 fully saturated rings. The van der Waals surface area contributed by atoms with E-state index < -0.39 is 9.84 Å². The molecule has 0 spiro atoms. The smallest absolute Gasteiger partial charge is 0.175 e. The van der Waals surface area contributed by atoms with Crippen LogP contribution in [0.15, 0.2) is 17.0 Å². The van der Waals surface area contributed by atoms with Gasteiger partial charge < -0.3 is 14.3 Å². The zero-order valence-electron chi connectivity index (χ0n) is 10.0. The van der Waals surface area contributed by atoms with Crippen LogP contribution in [0.5, 0.6) is 11.5 Å². The molecule has 5 nitrogen and oxygen atoms in total. The summed E-state index contributed by atoms with van der Waals surface area (Å²) in [4.78, 5) is 10.6. The highest BCUT2D eigenvalue weighted by Gasteiger charge is 2.20. The predicted molar refractivity (Wildman–Crippen MR) is 64.9 cm³/mol. The maximum atomic E-state index is 11.7. The van der Waals surface area contributed by atoms with Crippen LogP contribution in [0.25, 0.3) is 0 Å². The molecular weight excluding hydrogens is 256 g/mol. The van der Waals surface area contributed by atoms with Gasteiger partial charge in [-0.1, -0.05) is 0 Å². The maximum absolute atomic E-state index is 11.7. The van der Waals surface area contributed by atoms with Crippen LogP contribution >= 0.6 is 0 Å². The summed E-state index contributed by atoms with van der Waals surface area (Å²) in [6, 6.07) is 3.12. The van der Waals surface area contributed by atoms with Gasteiger partial charge in [-0.25, -0.2) is 8.42 Å². The number of ether oxygens (including phenoxy) is 2. The summed E-state index contributed by atoms with van der Waals surface area (Å²) in [7, 11) is -3.35. The summed E-state index contributed by atoms with van der Waals surface area (Å²) in [6.07, 6.45) is 2.57. The van der Waals surface area contributed by atoms with Gasteiger partial charge in [0.05, 0.1) is 4.90 Å². The summed E-state index contributed by atoms with van der Waals surface area (Å²) in [5.41, 5.74) is 0.592. The number of carbonyl (C=O) groups excluding carboxylic acids is 1. The zero-order valence-corrected chi connectivity index (χ0v) is 10.8. The molecule has 1 aromatic carbocycles. The second kappa shape index (κ2) is 4.97. The van der Waals surface area contributed by atoms with Crippen molar-refractivity contribution < 1.29 is 22.7 Å². The summed E-state index contributed by atoms with van der Waals surface area (Å²) >= 11 is 0. The topological polar surface area (TPSA) is 69.7 Å². The van der Waals surface area contributed by atoms with Crippen LogP contribution in [0, 0.1) is 0 Å². The number of benzene rings is 1. The fourth-order valence-corrected chi connectivity index (χ4v) is 2.83.